The summed E-state index contributed by atoms with van der Waals surface area (Å²) in [6, 6.07) is 8.79. The molecule has 0 atom stereocenters. The molecular formula is C17H20N2O2. The largest absolute Gasteiger partial charge is 0.476 e. The molecule has 4 nitrogen and oxygen atoms in total. The van der Waals surface area contributed by atoms with Crippen molar-refractivity contribution in [3.63, 3.8) is 0 Å². The summed E-state index contributed by atoms with van der Waals surface area (Å²) < 4.78 is 0. The van der Waals surface area contributed by atoms with Crippen molar-refractivity contribution in [2.75, 3.05) is 0 Å². The lowest BCUT2D eigenvalue weighted by Crippen LogP contribution is -2.12. The van der Waals surface area contributed by atoms with E-state index in [1.807, 2.05) is 0 Å². The Kier molecular flexibility index (Phi) is 3.32. The van der Waals surface area contributed by atoms with Gasteiger partial charge in [0, 0.05) is 17.5 Å². The lowest BCUT2D eigenvalue weighted by molar-refractivity contribution is 0.0690. The topological polar surface area (TPSA) is 66.0 Å². The summed E-state index contributed by atoms with van der Waals surface area (Å²) in [6.45, 7) is 3.91. The number of imidazole rings is 1. The number of aryl methyl sites for hydroxylation is 2. The van der Waals surface area contributed by atoms with Gasteiger partial charge in [0.05, 0.1) is 0 Å². The lowest BCUT2D eigenvalue weighted by Gasteiger charge is -2.14. The van der Waals surface area contributed by atoms with Crippen LogP contribution in [0.5, 0.6) is 0 Å². The molecule has 0 bridgehead atoms. The molecule has 3 rings (SSSR count). The highest BCUT2D eigenvalue weighted by Crippen LogP contribution is 2.50. The van der Waals surface area contributed by atoms with E-state index < -0.39 is 5.97 Å². The summed E-state index contributed by atoms with van der Waals surface area (Å²) in [4.78, 5) is 18.4. The lowest BCUT2D eigenvalue weighted by atomic mass is 9.91. The molecule has 1 aliphatic carbocycles. The number of nitrogens with zero attached hydrogens (tertiary/aromatic N) is 1. The number of aromatic carboxylic acids is 1. The van der Waals surface area contributed by atoms with E-state index in [-0.39, 0.29) is 11.1 Å². The highest BCUT2D eigenvalue weighted by Gasteiger charge is 2.45. The summed E-state index contributed by atoms with van der Waals surface area (Å²) in [7, 11) is 0. The number of rotatable bonds is 5. The minimum Gasteiger partial charge on any atom is -0.476 e. The molecule has 0 saturated heterocycles. The Morgan fingerprint density at radius 1 is 1.33 bits per heavy atom. The van der Waals surface area contributed by atoms with E-state index in [1.54, 1.807) is 6.92 Å². The van der Waals surface area contributed by atoms with Crippen molar-refractivity contribution in [1.82, 2.24) is 9.97 Å². The molecule has 0 radical (unpaired) electrons. The van der Waals surface area contributed by atoms with Crippen LogP contribution < -0.4 is 0 Å². The number of carbonyl (C=O) groups is 1. The molecule has 0 amide bonds. The van der Waals surface area contributed by atoms with Gasteiger partial charge in [0.2, 0.25) is 0 Å². The summed E-state index contributed by atoms with van der Waals surface area (Å²) in [5.41, 5.74) is 3.60. The molecule has 1 aromatic heterocycles. The van der Waals surface area contributed by atoms with Crippen LogP contribution in [0.25, 0.3) is 0 Å². The number of aromatic amines is 1. The zero-order valence-corrected chi connectivity index (χ0v) is 12.4. The Morgan fingerprint density at radius 3 is 2.48 bits per heavy atom. The van der Waals surface area contributed by atoms with Crippen LogP contribution >= 0.6 is 0 Å². The predicted octanol–water partition coefficient (Wildman–Crippen LogP) is 3.25. The highest BCUT2D eigenvalue weighted by molar-refractivity contribution is 5.86. The van der Waals surface area contributed by atoms with Crippen LogP contribution in [0.15, 0.2) is 24.3 Å². The molecule has 0 aliphatic heterocycles. The average Bonchev–Trinajstić information content (AvgIpc) is 3.15. The van der Waals surface area contributed by atoms with Gasteiger partial charge < -0.3 is 10.1 Å². The Bertz CT molecular complexity index is 667. The van der Waals surface area contributed by atoms with Gasteiger partial charge in [-0.15, -0.1) is 0 Å². The first-order valence-electron chi connectivity index (χ1n) is 7.42. The van der Waals surface area contributed by atoms with Crippen LogP contribution in [-0.4, -0.2) is 21.0 Å². The maximum Gasteiger partial charge on any atom is 0.356 e. The number of aromatic nitrogens is 2. The van der Waals surface area contributed by atoms with Gasteiger partial charge in [0.25, 0.3) is 0 Å². The van der Waals surface area contributed by atoms with Crippen molar-refractivity contribution in [3.05, 3.63) is 52.6 Å². The van der Waals surface area contributed by atoms with Gasteiger partial charge in [0.15, 0.2) is 5.69 Å². The minimum atomic E-state index is -0.966. The van der Waals surface area contributed by atoms with Crippen LogP contribution in [-0.2, 0) is 18.3 Å². The fourth-order valence-corrected chi connectivity index (χ4v) is 2.95. The monoisotopic (exact) mass is 284 g/mol. The van der Waals surface area contributed by atoms with Gasteiger partial charge in [-0.2, -0.15) is 0 Å². The zero-order valence-electron chi connectivity index (χ0n) is 12.4. The van der Waals surface area contributed by atoms with Gasteiger partial charge in [0.1, 0.15) is 5.82 Å². The second-order valence-corrected chi connectivity index (χ2v) is 5.97. The number of hydrogen-bond donors (Lipinski definition) is 2. The standard InChI is InChI=1S/C17H20N2O2/c1-3-12-4-6-13(7-5-12)17(8-9-17)10-14-18-11(2)15(19-14)16(20)21/h4-7H,3,8-10H2,1-2H3,(H,18,19)(H,20,21). The summed E-state index contributed by atoms with van der Waals surface area (Å²) in [5, 5.41) is 9.09. The van der Waals surface area contributed by atoms with E-state index in [0.717, 1.165) is 31.5 Å². The Morgan fingerprint density at radius 2 is 2.00 bits per heavy atom. The molecule has 2 aromatic rings. The minimum absolute atomic E-state index is 0.141. The second kappa shape index (κ2) is 5.02. The molecule has 21 heavy (non-hydrogen) atoms. The molecule has 0 unspecified atom stereocenters. The number of H-pyrrole nitrogens is 1. The van der Waals surface area contributed by atoms with Crippen LogP contribution in [0.4, 0.5) is 0 Å². The van der Waals surface area contributed by atoms with E-state index in [4.69, 9.17) is 5.11 Å². The van der Waals surface area contributed by atoms with Crippen LogP contribution in [0, 0.1) is 6.92 Å². The molecule has 110 valence electrons. The SMILES string of the molecule is CCc1ccc(C2(Cc3nc(C(=O)O)c(C)[nH]3)CC2)cc1. The zero-order chi connectivity index (χ0) is 15.0. The number of benzene rings is 1. The van der Waals surface area contributed by atoms with Crippen molar-refractivity contribution in [2.45, 2.75) is 44.9 Å². The quantitative estimate of drug-likeness (QED) is 0.885. The highest BCUT2D eigenvalue weighted by atomic mass is 16.4. The second-order valence-electron chi connectivity index (χ2n) is 5.97. The van der Waals surface area contributed by atoms with Gasteiger partial charge in [-0.05, 0) is 37.3 Å². The number of nitrogens with one attached hydrogen (secondary N) is 1. The van der Waals surface area contributed by atoms with Gasteiger partial charge in [-0.3, -0.25) is 0 Å². The van der Waals surface area contributed by atoms with E-state index in [2.05, 4.69) is 41.2 Å². The molecule has 2 N–H and O–H groups in total. The van der Waals surface area contributed by atoms with Gasteiger partial charge in [-0.1, -0.05) is 31.2 Å². The van der Waals surface area contributed by atoms with Crippen LogP contribution in [0.3, 0.4) is 0 Å². The molecule has 1 saturated carbocycles. The number of hydrogen-bond acceptors (Lipinski definition) is 2. The summed E-state index contributed by atoms with van der Waals surface area (Å²) >= 11 is 0. The first-order chi connectivity index (χ1) is 10.0. The summed E-state index contributed by atoms with van der Waals surface area (Å²) in [5.74, 6) is -0.186. The van der Waals surface area contributed by atoms with E-state index in [9.17, 15) is 4.79 Å². The molecule has 0 spiro atoms. The molecule has 1 aliphatic rings. The third-order valence-electron chi connectivity index (χ3n) is 4.47. The molecule has 1 heterocycles. The van der Waals surface area contributed by atoms with E-state index in [1.165, 1.54) is 11.1 Å². The molecule has 4 heteroatoms. The third kappa shape index (κ3) is 2.58. The van der Waals surface area contributed by atoms with Gasteiger partial charge in [-0.25, -0.2) is 9.78 Å². The van der Waals surface area contributed by atoms with Crippen molar-refractivity contribution in [1.29, 1.82) is 0 Å². The molecular weight excluding hydrogens is 264 g/mol. The normalized spacial score (nSPS) is 15.9. The van der Waals surface area contributed by atoms with Gasteiger partial charge >= 0.3 is 5.97 Å². The maximum absolute atomic E-state index is 11.1. The fraction of sp³-hybridized carbons (Fsp3) is 0.412. The predicted molar refractivity (Wildman–Crippen MR) is 80.7 cm³/mol. The Hall–Kier alpha value is -2.10. The van der Waals surface area contributed by atoms with E-state index in [0.29, 0.717) is 5.69 Å². The smallest absolute Gasteiger partial charge is 0.356 e. The maximum atomic E-state index is 11.1. The van der Waals surface area contributed by atoms with Crippen molar-refractivity contribution in [2.24, 2.45) is 0 Å². The number of carboxylic acid groups (broad SMARTS) is 1. The molecule has 1 aromatic carbocycles. The fourth-order valence-electron chi connectivity index (χ4n) is 2.95. The summed E-state index contributed by atoms with van der Waals surface area (Å²) in [6.07, 6.45) is 4.11. The van der Waals surface area contributed by atoms with Crippen molar-refractivity contribution in [3.8, 4) is 0 Å². The average molecular weight is 284 g/mol. The Balaban J connectivity index is 1.83. The molecule has 1 fully saturated rings. The van der Waals surface area contributed by atoms with Crippen LogP contribution in [0.2, 0.25) is 0 Å². The number of carboxylic acids is 1. The van der Waals surface area contributed by atoms with Crippen molar-refractivity contribution < 1.29 is 9.90 Å². The first-order valence-corrected chi connectivity index (χ1v) is 7.42. The van der Waals surface area contributed by atoms with E-state index >= 15 is 0 Å². The van der Waals surface area contributed by atoms with Crippen molar-refractivity contribution >= 4 is 5.97 Å². The first kappa shape index (κ1) is 13.9. The van der Waals surface area contributed by atoms with Crippen LogP contribution in [0.1, 0.15) is 52.9 Å². The Labute approximate surface area is 124 Å². The third-order valence-corrected chi connectivity index (χ3v) is 4.47.